The molecular formula is C27H25ClF3N7O2. The second kappa shape index (κ2) is 10.4. The number of nitrogens with zero attached hydrogens (tertiary/aromatic N) is 6. The zero-order valence-electron chi connectivity index (χ0n) is 21.6. The highest BCUT2D eigenvalue weighted by molar-refractivity contribution is 6.34. The molecule has 9 nitrogen and oxygen atoms in total. The lowest BCUT2D eigenvalue weighted by Gasteiger charge is -2.26. The van der Waals surface area contributed by atoms with Crippen molar-refractivity contribution in [1.82, 2.24) is 25.2 Å². The van der Waals surface area contributed by atoms with E-state index < -0.39 is 24.8 Å². The summed E-state index contributed by atoms with van der Waals surface area (Å²) in [5.74, 6) is -3.89. The number of hydrogen-bond donors (Lipinski definition) is 1. The molecule has 0 spiro atoms. The number of rotatable bonds is 5. The summed E-state index contributed by atoms with van der Waals surface area (Å²) in [5.41, 5.74) is 0.713. The zero-order chi connectivity index (χ0) is 28.0. The fourth-order valence-electron chi connectivity index (χ4n) is 5.35. The van der Waals surface area contributed by atoms with E-state index in [2.05, 4.69) is 25.2 Å². The lowest BCUT2D eigenvalue weighted by molar-refractivity contribution is 0.0156. The first-order chi connectivity index (χ1) is 19.2. The molecule has 13 heteroatoms. The van der Waals surface area contributed by atoms with Crippen molar-refractivity contribution in [2.75, 3.05) is 51.3 Å². The van der Waals surface area contributed by atoms with Gasteiger partial charge in [-0.2, -0.15) is 20.2 Å². The van der Waals surface area contributed by atoms with Gasteiger partial charge in [0.2, 0.25) is 0 Å². The van der Waals surface area contributed by atoms with E-state index in [0.29, 0.717) is 5.56 Å². The summed E-state index contributed by atoms with van der Waals surface area (Å²) in [7, 11) is 2.00. The minimum atomic E-state index is -3.04. The average Bonchev–Trinajstić information content (AvgIpc) is 3.50. The van der Waals surface area contributed by atoms with Crippen LogP contribution < -0.4 is 15.0 Å². The first kappa shape index (κ1) is 26.6. The van der Waals surface area contributed by atoms with Crippen molar-refractivity contribution < 1.29 is 22.3 Å². The Hall–Kier alpha value is -3.66. The highest BCUT2D eigenvalue weighted by atomic mass is 35.5. The van der Waals surface area contributed by atoms with Gasteiger partial charge >= 0.3 is 11.9 Å². The number of para-hydroxylation sites is 1. The normalized spacial score (nSPS) is 19.7. The largest absolute Gasteiger partial charge is 0.462 e. The van der Waals surface area contributed by atoms with Crippen LogP contribution in [-0.2, 0) is 0 Å². The number of alkyl halides is 2. The third-order valence-electron chi connectivity index (χ3n) is 7.37. The van der Waals surface area contributed by atoms with E-state index in [0.717, 1.165) is 19.4 Å². The highest BCUT2D eigenvalue weighted by Gasteiger charge is 2.35. The lowest BCUT2D eigenvalue weighted by atomic mass is 10.0. The number of anilines is 1. The molecule has 2 aliphatic rings. The maximum atomic E-state index is 16.5. The minimum absolute atomic E-state index is 0.00446. The summed E-state index contributed by atoms with van der Waals surface area (Å²) in [6.45, 7) is 0.612. The van der Waals surface area contributed by atoms with Crippen LogP contribution in [0.2, 0.25) is 5.02 Å². The summed E-state index contributed by atoms with van der Waals surface area (Å²) < 4.78 is 57.0. The van der Waals surface area contributed by atoms with Crippen LogP contribution in [0.4, 0.5) is 19.0 Å². The van der Waals surface area contributed by atoms with Crippen molar-refractivity contribution in [2.45, 2.75) is 24.8 Å². The number of halogens is 4. The molecule has 0 unspecified atom stereocenters. The molecule has 1 N–H and O–H groups in total. The molecule has 0 radical (unpaired) electrons. The number of hydrogen-bond acceptors (Lipinski definition) is 9. The van der Waals surface area contributed by atoms with Crippen molar-refractivity contribution in [2.24, 2.45) is 0 Å². The average molecular weight is 572 g/mol. The SMILES string of the molecule is CN1CCC[C@H]1COc1nc(N2CCNCC(F)(F)C2)c2cc(Cl)c(-c3cccc4oc(C#N)nc34)c(F)c2n1. The number of likely N-dealkylation sites (tertiary alicyclic amines) is 1. The highest BCUT2D eigenvalue weighted by Crippen LogP contribution is 2.41. The predicted molar refractivity (Wildman–Crippen MR) is 143 cm³/mol. The van der Waals surface area contributed by atoms with Crippen molar-refractivity contribution in [3.05, 3.63) is 41.0 Å². The number of fused-ring (bicyclic) bond motifs is 2. The smallest absolute Gasteiger partial charge is 0.319 e. The fraction of sp³-hybridized carbons (Fsp3) is 0.407. The number of nitrogens with one attached hydrogen (secondary N) is 1. The van der Waals surface area contributed by atoms with E-state index in [4.69, 9.17) is 20.8 Å². The molecule has 1 atom stereocenters. The molecule has 4 heterocycles. The lowest BCUT2D eigenvalue weighted by Crippen LogP contribution is -2.39. The molecular weight excluding hydrogens is 547 g/mol. The van der Waals surface area contributed by atoms with Gasteiger partial charge in [0.15, 0.2) is 17.5 Å². The van der Waals surface area contributed by atoms with E-state index in [9.17, 15) is 14.0 Å². The van der Waals surface area contributed by atoms with Crippen LogP contribution in [-0.4, -0.2) is 78.2 Å². The number of likely N-dealkylation sites (N-methyl/N-ethyl adjacent to an activating group) is 1. The molecule has 0 saturated carbocycles. The van der Waals surface area contributed by atoms with Crippen molar-refractivity contribution in [1.29, 1.82) is 5.26 Å². The van der Waals surface area contributed by atoms with E-state index in [1.165, 1.54) is 11.0 Å². The van der Waals surface area contributed by atoms with Crippen LogP contribution in [0.5, 0.6) is 6.01 Å². The van der Waals surface area contributed by atoms with Crippen LogP contribution in [0.1, 0.15) is 18.7 Å². The predicted octanol–water partition coefficient (Wildman–Crippen LogP) is 4.62. The molecule has 4 aromatic rings. The van der Waals surface area contributed by atoms with Gasteiger partial charge in [0.25, 0.3) is 5.92 Å². The van der Waals surface area contributed by atoms with E-state index >= 15 is 4.39 Å². The van der Waals surface area contributed by atoms with Crippen LogP contribution >= 0.6 is 11.6 Å². The molecule has 208 valence electrons. The number of nitriles is 1. The van der Waals surface area contributed by atoms with Crippen molar-refractivity contribution in [3.63, 3.8) is 0 Å². The molecule has 2 aromatic heterocycles. The Morgan fingerprint density at radius 1 is 1.25 bits per heavy atom. The first-order valence-corrected chi connectivity index (χ1v) is 13.3. The molecule has 2 aliphatic heterocycles. The quantitative estimate of drug-likeness (QED) is 0.367. The molecule has 0 aliphatic carbocycles. The molecule has 6 rings (SSSR count). The van der Waals surface area contributed by atoms with Gasteiger partial charge in [0.1, 0.15) is 23.5 Å². The Balaban J connectivity index is 1.52. The third kappa shape index (κ3) is 4.89. The van der Waals surface area contributed by atoms with Gasteiger partial charge in [-0.3, -0.25) is 0 Å². The topological polar surface area (TPSA) is 103 Å². The van der Waals surface area contributed by atoms with Crippen LogP contribution in [0.3, 0.4) is 0 Å². The molecule has 0 bridgehead atoms. The molecule has 2 aromatic carbocycles. The summed E-state index contributed by atoms with van der Waals surface area (Å²) in [6.07, 6.45) is 1.96. The summed E-state index contributed by atoms with van der Waals surface area (Å²) >= 11 is 6.65. The summed E-state index contributed by atoms with van der Waals surface area (Å²) in [6, 6.07) is 8.19. The second-order valence-corrected chi connectivity index (χ2v) is 10.5. The van der Waals surface area contributed by atoms with Gasteiger partial charge in [0, 0.05) is 35.6 Å². The Morgan fingerprint density at radius 2 is 2.10 bits per heavy atom. The van der Waals surface area contributed by atoms with Crippen molar-refractivity contribution in [3.8, 4) is 23.2 Å². The molecule has 2 fully saturated rings. The number of aromatic nitrogens is 3. The van der Waals surface area contributed by atoms with Gasteiger partial charge in [-0.1, -0.05) is 23.7 Å². The molecule has 2 saturated heterocycles. The number of ether oxygens (including phenoxy) is 1. The monoisotopic (exact) mass is 571 g/mol. The molecule has 0 amide bonds. The van der Waals surface area contributed by atoms with Gasteiger partial charge < -0.3 is 24.3 Å². The fourth-order valence-corrected chi connectivity index (χ4v) is 5.65. The van der Waals surface area contributed by atoms with Gasteiger partial charge in [-0.25, -0.2) is 13.2 Å². The van der Waals surface area contributed by atoms with Gasteiger partial charge in [0.05, 0.1) is 18.1 Å². The van der Waals surface area contributed by atoms with Crippen LogP contribution in [0.25, 0.3) is 33.1 Å². The first-order valence-electron chi connectivity index (χ1n) is 12.9. The van der Waals surface area contributed by atoms with E-state index in [1.54, 1.807) is 18.2 Å². The minimum Gasteiger partial charge on any atom is -0.462 e. The number of oxazole rings is 1. The van der Waals surface area contributed by atoms with Crippen LogP contribution in [0.15, 0.2) is 28.7 Å². The maximum absolute atomic E-state index is 16.5. The standard InChI is InChI=1S/C27H25ClF3N7O2/c1-37-8-3-4-15(37)12-39-26-35-24-17(25(36-26)38-9-7-33-13-27(30,31)14-38)10-18(28)21(22(24)29)16-5-2-6-19-23(16)34-20(11-32)40-19/h2,5-6,10,15,33H,3-4,7-9,12-14H2,1H3/t15-/m0/s1. The van der Waals surface area contributed by atoms with Crippen LogP contribution in [0, 0.1) is 17.1 Å². The van der Waals surface area contributed by atoms with Gasteiger partial charge in [-0.15, -0.1) is 0 Å². The number of benzene rings is 2. The molecule has 40 heavy (non-hydrogen) atoms. The maximum Gasteiger partial charge on any atom is 0.319 e. The summed E-state index contributed by atoms with van der Waals surface area (Å²) in [5, 5.41) is 12.2. The Morgan fingerprint density at radius 3 is 2.88 bits per heavy atom. The van der Waals surface area contributed by atoms with Crippen molar-refractivity contribution >= 4 is 39.4 Å². The van der Waals surface area contributed by atoms with E-state index in [-0.39, 0.29) is 76.0 Å². The second-order valence-electron chi connectivity index (χ2n) is 10.1. The summed E-state index contributed by atoms with van der Waals surface area (Å²) in [4.78, 5) is 16.6. The Kier molecular flexibility index (Phi) is 6.90. The Labute approximate surface area is 232 Å². The van der Waals surface area contributed by atoms with E-state index in [1.807, 2.05) is 13.1 Å². The Bertz CT molecular complexity index is 1640. The zero-order valence-corrected chi connectivity index (χ0v) is 22.3. The van der Waals surface area contributed by atoms with Gasteiger partial charge in [-0.05, 0) is 38.6 Å². The third-order valence-corrected chi connectivity index (χ3v) is 7.66.